The van der Waals surface area contributed by atoms with E-state index >= 15 is 0 Å². The fourth-order valence-corrected chi connectivity index (χ4v) is 2.70. The highest BCUT2D eigenvalue weighted by atomic mass is 16.6. The highest BCUT2D eigenvalue weighted by Gasteiger charge is 2.16. The van der Waals surface area contributed by atoms with Crippen LogP contribution in [0.5, 0.6) is 0 Å². The molecule has 34 heavy (non-hydrogen) atoms. The van der Waals surface area contributed by atoms with Gasteiger partial charge in [0.05, 0.1) is 85.2 Å². The highest BCUT2D eigenvalue weighted by molar-refractivity contribution is 5.72. The third kappa shape index (κ3) is 23.8. The first-order valence-electron chi connectivity index (χ1n) is 12.4. The molecule has 0 bridgehead atoms. The molecule has 0 rings (SSSR count). The van der Waals surface area contributed by atoms with Gasteiger partial charge in [0.15, 0.2) is 0 Å². The first-order chi connectivity index (χ1) is 16.6. The van der Waals surface area contributed by atoms with Crippen LogP contribution in [0, 0.1) is 5.92 Å². The van der Waals surface area contributed by atoms with Crippen molar-refractivity contribution in [1.82, 2.24) is 0 Å². The summed E-state index contributed by atoms with van der Waals surface area (Å²) in [4.78, 5) is 22.5. The molecular weight excluding hydrogens is 448 g/mol. The fraction of sp³-hybridized carbons (Fsp3) is 0.917. The lowest BCUT2D eigenvalue weighted by Crippen LogP contribution is -2.20. The van der Waals surface area contributed by atoms with Crippen LogP contribution in [0.15, 0.2) is 0 Å². The molecule has 1 unspecified atom stereocenters. The zero-order valence-electron chi connectivity index (χ0n) is 21.4. The van der Waals surface area contributed by atoms with Crippen molar-refractivity contribution in [2.75, 3.05) is 92.5 Å². The molecule has 0 fully saturated rings. The van der Waals surface area contributed by atoms with Crippen LogP contribution < -0.4 is 0 Å². The van der Waals surface area contributed by atoms with Crippen molar-refractivity contribution in [2.45, 2.75) is 46.5 Å². The van der Waals surface area contributed by atoms with Crippen molar-refractivity contribution in [3.8, 4) is 0 Å². The van der Waals surface area contributed by atoms with Crippen molar-refractivity contribution in [2.24, 2.45) is 5.92 Å². The minimum atomic E-state index is -0.311. The van der Waals surface area contributed by atoms with E-state index in [1.54, 1.807) is 0 Å². The third-order valence-electron chi connectivity index (χ3n) is 4.60. The van der Waals surface area contributed by atoms with Crippen LogP contribution in [0.3, 0.4) is 0 Å². The smallest absolute Gasteiger partial charge is 0.308 e. The Hall–Kier alpha value is -1.30. The van der Waals surface area contributed by atoms with Gasteiger partial charge in [0.25, 0.3) is 0 Å². The number of hydrogen-bond acceptors (Lipinski definition) is 10. The van der Waals surface area contributed by atoms with Crippen LogP contribution in [0.25, 0.3) is 0 Å². The van der Waals surface area contributed by atoms with E-state index < -0.39 is 0 Å². The highest BCUT2D eigenvalue weighted by Crippen LogP contribution is 2.14. The van der Waals surface area contributed by atoms with Crippen LogP contribution in [0.4, 0.5) is 0 Å². The average molecular weight is 495 g/mol. The number of rotatable bonds is 26. The topological polar surface area (TPSA) is 108 Å². The standard InChI is InChI=1S/C24H46O10/c1-4-6-7-23(5-2)24(26)34-21-19-32-17-15-30-13-11-28-9-8-27-10-12-29-14-16-31-18-20-33-22(3)25/h23H,4-21H2,1-3H3. The molecule has 0 amide bonds. The summed E-state index contributed by atoms with van der Waals surface area (Å²) in [5.41, 5.74) is 0. The van der Waals surface area contributed by atoms with Crippen molar-refractivity contribution in [3.05, 3.63) is 0 Å². The molecule has 0 aliphatic carbocycles. The predicted molar refractivity (Wildman–Crippen MR) is 126 cm³/mol. The van der Waals surface area contributed by atoms with Crippen molar-refractivity contribution in [1.29, 1.82) is 0 Å². The van der Waals surface area contributed by atoms with Gasteiger partial charge in [-0.05, 0) is 12.8 Å². The molecule has 1 atom stereocenters. The van der Waals surface area contributed by atoms with Gasteiger partial charge in [-0.25, -0.2) is 0 Å². The maximum absolute atomic E-state index is 11.9. The van der Waals surface area contributed by atoms with Crippen LogP contribution in [-0.2, 0) is 47.5 Å². The Morgan fingerprint density at radius 1 is 0.559 bits per heavy atom. The van der Waals surface area contributed by atoms with Crippen molar-refractivity contribution < 1.29 is 47.5 Å². The summed E-state index contributed by atoms with van der Waals surface area (Å²) in [5, 5.41) is 0. The van der Waals surface area contributed by atoms with E-state index in [0.29, 0.717) is 79.3 Å². The summed E-state index contributed by atoms with van der Waals surface area (Å²) in [7, 11) is 0. The number of carbonyl (C=O) groups excluding carboxylic acids is 2. The quantitative estimate of drug-likeness (QED) is 0.131. The van der Waals surface area contributed by atoms with Gasteiger partial charge in [0.2, 0.25) is 0 Å². The normalized spacial score (nSPS) is 12.0. The molecule has 0 aromatic rings. The number of hydrogen-bond donors (Lipinski definition) is 0. The number of ether oxygens (including phenoxy) is 8. The SMILES string of the molecule is CCCCC(CC)C(=O)OCCOCCOCCOCCOCCOCCOCCOC(C)=O. The van der Waals surface area contributed by atoms with E-state index in [-0.39, 0.29) is 31.1 Å². The minimum absolute atomic E-state index is 0.000989. The zero-order chi connectivity index (χ0) is 25.1. The van der Waals surface area contributed by atoms with E-state index in [1.807, 2.05) is 6.92 Å². The second kappa shape index (κ2) is 26.3. The van der Waals surface area contributed by atoms with Crippen LogP contribution in [-0.4, -0.2) is 104 Å². The van der Waals surface area contributed by atoms with Gasteiger partial charge >= 0.3 is 11.9 Å². The predicted octanol–water partition coefficient (Wildman–Crippen LogP) is 2.41. The first-order valence-corrected chi connectivity index (χ1v) is 12.4. The van der Waals surface area contributed by atoms with Gasteiger partial charge < -0.3 is 37.9 Å². The van der Waals surface area contributed by atoms with E-state index in [2.05, 4.69) is 6.92 Å². The van der Waals surface area contributed by atoms with Gasteiger partial charge in [-0.3, -0.25) is 9.59 Å². The summed E-state index contributed by atoms with van der Waals surface area (Å²) in [5.74, 6) is -0.434. The Balaban J connectivity index is 3.20. The summed E-state index contributed by atoms with van der Waals surface area (Å²) >= 11 is 0. The lowest BCUT2D eigenvalue weighted by molar-refractivity contribution is -0.150. The Morgan fingerprint density at radius 3 is 1.24 bits per heavy atom. The summed E-state index contributed by atoms with van der Waals surface area (Å²) in [6, 6.07) is 0. The molecule has 0 saturated carbocycles. The first kappa shape index (κ1) is 32.7. The summed E-state index contributed by atoms with van der Waals surface area (Å²) in [6.07, 6.45) is 3.84. The second-order valence-corrected chi connectivity index (χ2v) is 7.43. The maximum atomic E-state index is 11.9. The molecule has 0 N–H and O–H groups in total. The molecule has 0 aromatic heterocycles. The number of carbonyl (C=O) groups is 2. The zero-order valence-corrected chi connectivity index (χ0v) is 21.4. The van der Waals surface area contributed by atoms with E-state index in [9.17, 15) is 9.59 Å². The van der Waals surface area contributed by atoms with Crippen LogP contribution in [0.2, 0.25) is 0 Å². The largest absolute Gasteiger partial charge is 0.463 e. The molecule has 0 heterocycles. The van der Waals surface area contributed by atoms with Crippen LogP contribution >= 0.6 is 0 Å². The van der Waals surface area contributed by atoms with E-state index in [4.69, 9.17) is 37.9 Å². The molecular formula is C24H46O10. The molecule has 0 radical (unpaired) electrons. The lowest BCUT2D eigenvalue weighted by Gasteiger charge is -2.13. The van der Waals surface area contributed by atoms with Crippen LogP contribution in [0.1, 0.15) is 46.5 Å². The Bertz CT molecular complexity index is 461. The molecule has 202 valence electrons. The second-order valence-electron chi connectivity index (χ2n) is 7.43. The van der Waals surface area contributed by atoms with Gasteiger partial charge in [-0.15, -0.1) is 0 Å². The van der Waals surface area contributed by atoms with Crippen molar-refractivity contribution >= 4 is 11.9 Å². The molecule has 0 aromatic carbocycles. The molecule has 10 nitrogen and oxygen atoms in total. The average Bonchev–Trinajstić information content (AvgIpc) is 2.82. The van der Waals surface area contributed by atoms with Crippen molar-refractivity contribution in [3.63, 3.8) is 0 Å². The number of esters is 2. The lowest BCUT2D eigenvalue weighted by atomic mass is 10.00. The van der Waals surface area contributed by atoms with E-state index in [0.717, 1.165) is 25.7 Å². The number of unbranched alkanes of at least 4 members (excludes halogenated alkanes) is 1. The van der Waals surface area contributed by atoms with Gasteiger partial charge in [-0.1, -0.05) is 26.7 Å². The van der Waals surface area contributed by atoms with Gasteiger partial charge in [0, 0.05) is 6.92 Å². The molecule has 0 aliphatic heterocycles. The molecule has 0 saturated heterocycles. The third-order valence-corrected chi connectivity index (χ3v) is 4.60. The molecule has 0 aliphatic rings. The Morgan fingerprint density at radius 2 is 0.912 bits per heavy atom. The summed E-state index contributed by atoms with van der Waals surface area (Å²) < 4.78 is 42.3. The molecule has 0 spiro atoms. The molecule has 10 heteroatoms. The fourth-order valence-electron chi connectivity index (χ4n) is 2.70. The Labute approximate surface area is 204 Å². The summed E-state index contributed by atoms with van der Waals surface area (Å²) in [6.45, 7) is 11.5. The minimum Gasteiger partial charge on any atom is -0.463 e. The van der Waals surface area contributed by atoms with Gasteiger partial charge in [-0.2, -0.15) is 0 Å². The maximum Gasteiger partial charge on any atom is 0.308 e. The monoisotopic (exact) mass is 494 g/mol. The Kier molecular flexibility index (Phi) is 25.3. The van der Waals surface area contributed by atoms with Gasteiger partial charge in [0.1, 0.15) is 13.2 Å². The van der Waals surface area contributed by atoms with E-state index in [1.165, 1.54) is 6.92 Å².